The van der Waals surface area contributed by atoms with Gasteiger partial charge < -0.3 is 9.64 Å². The summed E-state index contributed by atoms with van der Waals surface area (Å²) in [6, 6.07) is 15.4. The van der Waals surface area contributed by atoms with E-state index >= 15 is 0 Å². The van der Waals surface area contributed by atoms with E-state index in [4.69, 9.17) is 16.3 Å². The average Bonchev–Trinajstić information content (AvgIpc) is 3.77. The Bertz CT molecular complexity index is 1510. The second kappa shape index (κ2) is 10.0. The first-order chi connectivity index (χ1) is 18.3. The van der Waals surface area contributed by atoms with E-state index in [1.54, 1.807) is 34.8 Å². The van der Waals surface area contributed by atoms with Crippen LogP contribution in [0.2, 0.25) is 5.02 Å². The number of piperazine rings is 1. The zero-order chi connectivity index (χ0) is 26.4. The van der Waals surface area contributed by atoms with E-state index in [0.717, 1.165) is 19.3 Å². The maximum Gasteiger partial charge on any atom is 0.316 e. The van der Waals surface area contributed by atoms with E-state index in [1.165, 1.54) is 15.8 Å². The van der Waals surface area contributed by atoms with Gasteiger partial charge in [-0.2, -0.15) is 14.1 Å². The molecule has 2 heterocycles. The van der Waals surface area contributed by atoms with Crippen LogP contribution < -0.4 is 15.2 Å². The van der Waals surface area contributed by atoms with Crippen LogP contribution in [0.4, 0.5) is 5.69 Å². The molecule has 3 aliphatic rings. The highest BCUT2D eigenvalue weighted by Crippen LogP contribution is 2.34. The molecule has 0 bridgehead atoms. The van der Waals surface area contributed by atoms with Gasteiger partial charge in [-0.3, -0.25) is 4.79 Å². The normalized spacial score (nSPS) is 22.2. The van der Waals surface area contributed by atoms with Crippen molar-refractivity contribution in [3.63, 3.8) is 0 Å². The summed E-state index contributed by atoms with van der Waals surface area (Å²) in [6.45, 7) is 3.84. The Balaban J connectivity index is 1.33. The van der Waals surface area contributed by atoms with Gasteiger partial charge in [0, 0.05) is 37.6 Å². The molecule has 2 aromatic carbocycles. The molecule has 38 heavy (non-hydrogen) atoms. The van der Waals surface area contributed by atoms with E-state index < -0.39 is 10.0 Å². The van der Waals surface area contributed by atoms with Crippen LogP contribution >= 0.6 is 11.6 Å². The van der Waals surface area contributed by atoms with Gasteiger partial charge in [-0.25, -0.2) is 8.42 Å². The van der Waals surface area contributed by atoms with Crippen LogP contribution in [-0.4, -0.2) is 60.0 Å². The number of hydrogen-bond acceptors (Lipinski definition) is 6. The third-order valence-electron chi connectivity index (χ3n) is 7.84. The van der Waals surface area contributed by atoms with E-state index in [0.29, 0.717) is 49.0 Å². The zero-order valence-corrected chi connectivity index (χ0v) is 22.9. The average molecular weight is 555 g/mol. The number of hydrogen-bond donors (Lipinski definition) is 0. The molecule has 0 radical (unpaired) electrons. The zero-order valence-electron chi connectivity index (χ0n) is 21.3. The summed E-state index contributed by atoms with van der Waals surface area (Å²) in [4.78, 5) is 15.9. The van der Waals surface area contributed by atoms with Crippen molar-refractivity contribution in [2.45, 2.75) is 44.0 Å². The predicted octanol–water partition coefficient (Wildman–Crippen LogP) is 3.68. The van der Waals surface area contributed by atoms with Crippen molar-refractivity contribution < 1.29 is 13.2 Å². The van der Waals surface area contributed by atoms with Gasteiger partial charge in [0.1, 0.15) is 11.8 Å². The Hall–Kier alpha value is -2.88. The summed E-state index contributed by atoms with van der Waals surface area (Å²) in [5, 5.41) is 4.75. The van der Waals surface area contributed by atoms with Crippen molar-refractivity contribution in [2.75, 3.05) is 31.1 Å². The van der Waals surface area contributed by atoms with Crippen LogP contribution in [0.1, 0.15) is 30.9 Å². The molecular formula is C28H31ClN4O4S. The molecule has 1 aromatic heterocycles. The van der Waals surface area contributed by atoms with Gasteiger partial charge in [0.05, 0.1) is 17.1 Å². The number of ether oxygens (including phenoxy) is 1. The molecule has 3 aromatic rings. The van der Waals surface area contributed by atoms with Gasteiger partial charge in [-0.05, 0) is 54.5 Å². The molecule has 10 heteroatoms. The highest BCUT2D eigenvalue weighted by molar-refractivity contribution is 7.90. The minimum absolute atomic E-state index is 0.178. The van der Waals surface area contributed by atoms with Crippen LogP contribution in [0.15, 0.2) is 59.5 Å². The van der Waals surface area contributed by atoms with Gasteiger partial charge in [0.2, 0.25) is 15.8 Å². The Morgan fingerprint density at radius 2 is 1.68 bits per heavy atom. The largest absolute Gasteiger partial charge is 0.482 e. The first kappa shape index (κ1) is 25.4. The lowest BCUT2D eigenvalue weighted by molar-refractivity contribution is 0.131. The van der Waals surface area contributed by atoms with E-state index in [-0.39, 0.29) is 28.6 Å². The van der Waals surface area contributed by atoms with Crippen molar-refractivity contribution in [2.24, 2.45) is 5.92 Å². The summed E-state index contributed by atoms with van der Waals surface area (Å²) in [5.74, 6) is 0.458. The van der Waals surface area contributed by atoms with Crippen molar-refractivity contribution in [1.29, 1.82) is 0 Å². The maximum atomic E-state index is 13.9. The number of nitrogens with zero attached hydrogens (tertiary/aromatic N) is 4. The number of rotatable bonds is 6. The van der Waals surface area contributed by atoms with Crippen molar-refractivity contribution >= 4 is 27.3 Å². The highest BCUT2D eigenvalue weighted by Gasteiger charge is 2.41. The second-order valence-electron chi connectivity index (χ2n) is 10.5. The molecule has 2 atom stereocenters. The van der Waals surface area contributed by atoms with Gasteiger partial charge in [-0.1, -0.05) is 48.9 Å². The fraction of sp³-hybridized carbons (Fsp3) is 0.429. The summed E-state index contributed by atoms with van der Waals surface area (Å²) in [5.41, 5.74) is 3.35. The smallest absolute Gasteiger partial charge is 0.316 e. The van der Waals surface area contributed by atoms with Gasteiger partial charge >= 0.3 is 5.56 Å². The molecule has 200 valence electrons. The fourth-order valence-electron chi connectivity index (χ4n) is 5.48. The third kappa shape index (κ3) is 4.83. The SMILES string of the molecule is CC1Cc2ccccc2CC1Oc1c(N2CCN(S(=O)(=O)C3CC3)CC2)cnn(-c2cccc(Cl)c2)c1=O. The molecule has 2 fully saturated rings. The van der Waals surface area contributed by atoms with Crippen molar-refractivity contribution in [3.05, 3.63) is 81.2 Å². The first-order valence-corrected chi connectivity index (χ1v) is 15.0. The number of benzene rings is 2. The van der Waals surface area contributed by atoms with Crippen LogP contribution in [0.25, 0.3) is 5.69 Å². The molecule has 1 saturated heterocycles. The van der Waals surface area contributed by atoms with Crippen molar-refractivity contribution in [1.82, 2.24) is 14.1 Å². The molecule has 1 saturated carbocycles. The van der Waals surface area contributed by atoms with Crippen molar-refractivity contribution in [3.8, 4) is 11.4 Å². The first-order valence-electron chi connectivity index (χ1n) is 13.2. The van der Waals surface area contributed by atoms with Gasteiger partial charge in [-0.15, -0.1) is 0 Å². The Morgan fingerprint density at radius 1 is 0.974 bits per heavy atom. The monoisotopic (exact) mass is 554 g/mol. The van der Waals surface area contributed by atoms with Crippen LogP contribution in [0, 0.1) is 5.92 Å². The number of sulfonamides is 1. The molecular weight excluding hydrogens is 524 g/mol. The maximum absolute atomic E-state index is 13.9. The lowest BCUT2D eigenvalue weighted by atomic mass is 9.83. The fourth-order valence-corrected chi connectivity index (χ4v) is 7.49. The Labute approximate surface area is 227 Å². The minimum Gasteiger partial charge on any atom is -0.482 e. The van der Waals surface area contributed by atoms with E-state index in [2.05, 4.69) is 30.2 Å². The second-order valence-corrected chi connectivity index (χ2v) is 13.1. The standard InChI is InChI=1S/C28H31ClN4O4S/c1-19-15-20-5-2-3-6-21(20)16-26(19)37-27-25(18-30-33(28(27)34)23-8-4-7-22(29)17-23)31-11-13-32(14-12-31)38(35,36)24-9-10-24/h2-8,17-19,24,26H,9-16H2,1H3. The molecule has 6 rings (SSSR count). The molecule has 0 N–H and O–H groups in total. The van der Waals surface area contributed by atoms with E-state index in [1.807, 2.05) is 11.0 Å². The summed E-state index contributed by atoms with van der Waals surface area (Å²) < 4.78 is 35.0. The molecule has 1 aliphatic heterocycles. The lowest BCUT2D eigenvalue weighted by Gasteiger charge is -2.37. The number of halogens is 1. The predicted molar refractivity (Wildman–Crippen MR) is 148 cm³/mol. The third-order valence-corrected chi connectivity index (χ3v) is 10.5. The number of anilines is 1. The van der Waals surface area contributed by atoms with Crippen LogP contribution in [-0.2, 0) is 22.9 Å². The molecule has 0 spiro atoms. The minimum atomic E-state index is -3.24. The van der Waals surface area contributed by atoms with Gasteiger partial charge in [0.15, 0.2) is 0 Å². The number of aromatic nitrogens is 2. The Kier molecular flexibility index (Phi) is 6.70. The quantitative estimate of drug-likeness (QED) is 0.462. The molecule has 2 unspecified atom stereocenters. The molecule has 2 aliphatic carbocycles. The summed E-state index contributed by atoms with van der Waals surface area (Å²) >= 11 is 6.20. The lowest BCUT2D eigenvalue weighted by Crippen LogP contribution is -2.50. The topological polar surface area (TPSA) is 84.7 Å². The molecule has 0 amide bonds. The van der Waals surface area contributed by atoms with Crippen LogP contribution in [0.5, 0.6) is 5.75 Å². The van der Waals surface area contributed by atoms with Crippen LogP contribution in [0.3, 0.4) is 0 Å². The Morgan fingerprint density at radius 3 is 2.37 bits per heavy atom. The molecule has 8 nitrogen and oxygen atoms in total. The highest BCUT2D eigenvalue weighted by atomic mass is 35.5. The summed E-state index contributed by atoms with van der Waals surface area (Å²) in [7, 11) is -3.24. The van der Waals surface area contributed by atoms with Gasteiger partial charge in [0.25, 0.3) is 0 Å². The summed E-state index contributed by atoms with van der Waals surface area (Å²) in [6.07, 6.45) is 4.56. The van der Waals surface area contributed by atoms with E-state index in [9.17, 15) is 13.2 Å². The number of fused-ring (bicyclic) bond motifs is 1.